The number of halogens is 2. The first-order valence-corrected chi connectivity index (χ1v) is 14.0. The third-order valence-electron chi connectivity index (χ3n) is 6.74. The van der Waals surface area contributed by atoms with Gasteiger partial charge in [0.05, 0.1) is 50.1 Å². The first-order valence-electron chi connectivity index (χ1n) is 12.4. The van der Waals surface area contributed by atoms with Crippen molar-refractivity contribution in [1.82, 2.24) is 25.3 Å². The molecule has 5 heterocycles. The molecule has 4 aromatic heterocycles. The topological polar surface area (TPSA) is 78.5 Å². The molecule has 1 saturated heterocycles. The van der Waals surface area contributed by atoms with Gasteiger partial charge in [0.15, 0.2) is 0 Å². The highest BCUT2D eigenvalue weighted by Gasteiger charge is 2.23. The van der Waals surface area contributed by atoms with Crippen LogP contribution in [-0.2, 0) is 13.0 Å². The largest absolute Gasteiger partial charge is 0.352 e. The van der Waals surface area contributed by atoms with Crippen LogP contribution >= 0.6 is 34.5 Å². The fourth-order valence-corrected chi connectivity index (χ4v) is 6.45. The molecule has 1 fully saturated rings. The van der Waals surface area contributed by atoms with Gasteiger partial charge in [0, 0.05) is 22.2 Å². The second-order valence-electron chi connectivity index (χ2n) is 9.28. The number of benzene rings is 1. The van der Waals surface area contributed by atoms with E-state index >= 15 is 0 Å². The summed E-state index contributed by atoms with van der Waals surface area (Å²) < 4.78 is 0. The summed E-state index contributed by atoms with van der Waals surface area (Å²) >= 11 is 15.0. The molecule has 0 bridgehead atoms. The minimum Gasteiger partial charge on any atom is -0.352 e. The van der Waals surface area contributed by atoms with Gasteiger partial charge >= 0.3 is 0 Å². The van der Waals surface area contributed by atoms with E-state index in [2.05, 4.69) is 37.7 Å². The molecule has 0 spiro atoms. The number of hydrogen-bond acceptors (Lipinski definition) is 6. The zero-order valence-corrected chi connectivity index (χ0v) is 22.4. The summed E-state index contributed by atoms with van der Waals surface area (Å²) in [6.07, 6.45) is 6.91. The van der Waals surface area contributed by atoms with Crippen molar-refractivity contribution in [2.45, 2.75) is 25.8 Å². The maximum atomic E-state index is 6.63. The molecule has 5 aromatic rings. The lowest BCUT2D eigenvalue weighted by Crippen LogP contribution is -2.30. The van der Waals surface area contributed by atoms with E-state index in [4.69, 9.17) is 28.2 Å². The molecule has 0 unspecified atom stereocenters. The van der Waals surface area contributed by atoms with Crippen molar-refractivity contribution in [2.75, 3.05) is 18.4 Å². The van der Waals surface area contributed by atoms with E-state index < -0.39 is 0 Å². The SMILES string of the molecule is Clc1cccc(Cl)c1-c1[nH]c2cnc(NCc3ccc(-c4ccccn4)s3)nc2c1C[C@@H]1CCCNC1. The Hall–Kier alpha value is -2.97. The lowest BCUT2D eigenvalue weighted by molar-refractivity contribution is 0.377. The van der Waals surface area contributed by atoms with Gasteiger partial charge in [0.1, 0.15) is 0 Å². The minimum absolute atomic E-state index is 0.523. The van der Waals surface area contributed by atoms with Crippen LogP contribution in [0.2, 0.25) is 10.0 Å². The smallest absolute Gasteiger partial charge is 0.223 e. The Bertz CT molecular complexity index is 1500. The summed E-state index contributed by atoms with van der Waals surface area (Å²) in [6, 6.07) is 15.8. The summed E-state index contributed by atoms with van der Waals surface area (Å²) in [4.78, 5) is 19.9. The summed E-state index contributed by atoms with van der Waals surface area (Å²) in [5.41, 5.74) is 5.66. The first-order chi connectivity index (χ1) is 18.2. The molecule has 0 radical (unpaired) electrons. The second-order valence-corrected chi connectivity index (χ2v) is 11.3. The fourth-order valence-electron chi connectivity index (χ4n) is 4.94. The van der Waals surface area contributed by atoms with Crippen molar-refractivity contribution in [2.24, 2.45) is 5.92 Å². The molecule has 9 heteroatoms. The normalized spacial score (nSPS) is 15.8. The molecule has 1 aliphatic heterocycles. The zero-order valence-electron chi connectivity index (χ0n) is 20.1. The molecular weight excluding hydrogens is 523 g/mol. The Labute approximate surface area is 229 Å². The standard InChI is InChI=1S/C28H26Cl2N6S/c29-20-6-3-7-21(30)25(20)27-19(13-17-5-4-11-31-14-17)26-23(35-27)16-34-28(36-26)33-15-18-9-10-24(37-18)22-8-1-2-12-32-22/h1-3,6-10,12,16-17,31,35H,4-5,11,13-15H2,(H,33,34,36)/t17-/m0/s1. The average molecular weight is 550 g/mol. The Morgan fingerprint density at radius 1 is 1.03 bits per heavy atom. The van der Waals surface area contributed by atoms with Crippen LogP contribution in [0.1, 0.15) is 23.3 Å². The highest BCUT2D eigenvalue weighted by molar-refractivity contribution is 7.15. The number of aromatic amines is 1. The van der Waals surface area contributed by atoms with Gasteiger partial charge in [-0.3, -0.25) is 4.98 Å². The third kappa shape index (κ3) is 5.22. The number of rotatable bonds is 7. The summed E-state index contributed by atoms with van der Waals surface area (Å²) in [7, 11) is 0. The van der Waals surface area contributed by atoms with Gasteiger partial charge in [-0.05, 0) is 74.7 Å². The number of nitrogens with one attached hydrogen (secondary N) is 3. The first kappa shape index (κ1) is 24.4. The molecule has 0 aliphatic carbocycles. The molecule has 3 N–H and O–H groups in total. The highest BCUT2D eigenvalue weighted by atomic mass is 35.5. The number of anilines is 1. The number of nitrogens with zero attached hydrogens (tertiary/aromatic N) is 3. The summed E-state index contributed by atoms with van der Waals surface area (Å²) in [6.45, 7) is 2.71. The quantitative estimate of drug-likeness (QED) is 0.200. The minimum atomic E-state index is 0.523. The maximum absolute atomic E-state index is 6.63. The van der Waals surface area contributed by atoms with Crippen LogP contribution < -0.4 is 10.6 Å². The Kier molecular flexibility index (Phi) is 7.11. The van der Waals surface area contributed by atoms with Crippen molar-refractivity contribution >= 4 is 51.5 Å². The van der Waals surface area contributed by atoms with Crippen molar-refractivity contribution in [3.63, 3.8) is 0 Å². The van der Waals surface area contributed by atoms with Gasteiger partial charge in [-0.25, -0.2) is 9.97 Å². The highest BCUT2D eigenvalue weighted by Crippen LogP contribution is 2.40. The molecule has 1 aromatic carbocycles. The maximum Gasteiger partial charge on any atom is 0.223 e. The van der Waals surface area contributed by atoms with E-state index in [1.807, 2.05) is 48.8 Å². The number of pyridine rings is 1. The molecule has 37 heavy (non-hydrogen) atoms. The van der Waals surface area contributed by atoms with Crippen LogP contribution in [-0.4, -0.2) is 33.0 Å². The van der Waals surface area contributed by atoms with Gasteiger partial charge in [0.25, 0.3) is 0 Å². The van der Waals surface area contributed by atoms with Crippen LogP contribution in [0.5, 0.6) is 0 Å². The predicted octanol–water partition coefficient (Wildman–Crippen LogP) is 7.21. The predicted molar refractivity (Wildman–Crippen MR) is 154 cm³/mol. The fraction of sp³-hybridized carbons (Fsp3) is 0.250. The van der Waals surface area contributed by atoms with E-state index in [-0.39, 0.29) is 0 Å². The van der Waals surface area contributed by atoms with E-state index in [0.717, 1.165) is 57.9 Å². The lowest BCUT2D eigenvalue weighted by atomic mass is 9.91. The van der Waals surface area contributed by atoms with Crippen LogP contribution in [0.3, 0.4) is 0 Å². The van der Waals surface area contributed by atoms with Gasteiger partial charge in [-0.15, -0.1) is 11.3 Å². The van der Waals surface area contributed by atoms with Crippen molar-refractivity contribution in [3.8, 4) is 21.8 Å². The van der Waals surface area contributed by atoms with Gasteiger partial charge in [-0.1, -0.05) is 35.3 Å². The molecule has 188 valence electrons. The number of H-pyrrole nitrogens is 1. The number of piperidine rings is 1. The van der Waals surface area contributed by atoms with Crippen LogP contribution in [0, 0.1) is 5.92 Å². The molecule has 6 rings (SSSR count). The zero-order chi connectivity index (χ0) is 25.2. The number of fused-ring (bicyclic) bond motifs is 1. The van der Waals surface area contributed by atoms with Crippen molar-refractivity contribution in [1.29, 1.82) is 0 Å². The van der Waals surface area contributed by atoms with Crippen LogP contribution in [0.15, 0.2) is 60.9 Å². The average Bonchev–Trinajstić information content (AvgIpc) is 3.54. The van der Waals surface area contributed by atoms with E-state index in [9.17, 15) is 0 Å². The van der Waals surface area contributed by atoms with Crippen molar-refractivity contribution < 1.29 is 0 Å². The molecule has 0 amide bonds. The molecule has 1 atom stereocenters. The van der Waals surface area contributed by atoms with Crippen molar-refractivity contribution in [3.05, 3.63) is 81.4 Å². The van der Waals surface area contributed by atoms with E-state index in [0.29, 0.717) is 28.5 Å². The Morgan fingerprint density at radius 3 is 2.70 bits per heavy atom. The molecule has 1 aliphatic rings. The van der Waals surface area contributed by atoms with Gasteiger partial charge in [-0.2, -0.15) is 0 Å². The molecule has 6 nitrogen and oxygen atoms in total. The number of hydrogen-bond donors (Lipinski definition) is 3. The van der Waals surface area contributed by atoms with E-state index in [1.165, 1.54) is 17.7 Å². The molecular formula is C28H26Cl2N6S. The lowest BCUT2D eigenvalue weighted by Gasteiger charge is -2.23. The monoisotopic (exact) mass is 548 g/mol. The van der Waals surface area contributed by atoms with Crippen LogP contribution in [0.4, 0.5) is 5.95 Å². The summed E-state index contributed by atoms with van der Waals surface area (Å²) in [5.74, 6) is 1.12. The van der Waals surface area contributed by atoms with Gasteiger partial charge in [0.2, 0.25) is 5.95 Å². The van der Waals surface area contributed by atoms with E-state index in [1.54, 1.807) is 11.3 Å². The molecule has 0 saturated carbocycles. The summed E-state index contributed by atoms with van der Waals surface area (Å²) in [5, 5.41) is 8.18. The van der Waals surface area contributed by atoms with Crippen LogP contribution in [0.25, 0.3) is 32.9 Å². The Morgan fingerprint density at radius 2 is 1.92 bits per heavy atom. The number of aromatic nitrogens is 4. The number of thiophene rings is 1. The second kappa shape index (κ2) is 10.8. The third-order valence-corrected chi connectivity index (χ3v) is 8.48. The van der Waals surface area contributed by atoms with Gasteiger partial charge < -0.3 is 15.6 Å². The Balaban J connectivity index is 1.31.